The second-order valence-corrected chi connectivity index (χ2v) is 8.01. The van der Waals surface area contributed by atoms with Crippen molar-refractivity contribution in [1.29, 1.82) is 0 Å². The molecular weight excluding hydrogens is 392 g/mol. The van der Waals surface area contributed by atoms with E-state index in [1.165, 1.54) is 18.2 Å². The molecule has 1 atom stereocenters. The molecule has 0 aliphatic heterocycles. The van der Waals surface area contributed by atoms with Gasteiger partial charge in [-0.05, 0) is 39.0 Å². The Balaban J connectivity index is 1.91. The van der Waals surface area contributed by atoms with E-state index in [4.69, 9.17) is 0 Å². The van der Waals surface area contributed by atoms with Crippen LogP contribution in [0.3, 0.4) is 0 Å². The van der Waals surface area contributed by atoms with Gasteiger partial charge in [-0.1, -0.05) is 36.0 Å². The molecule has 0 radical (unpaired) electrons. The van der Waals surface area contributed by atoms with E-state index < -0.39 is 16.1 Å². The molecule has 0 unspecified atom stereocenters. The molecule has 0 saturated heterocycles. The Morgan fingerprint density at radius 1 is 1.14 bits per heavy atom. The van der Waals surface area contributed by atoms with Crippen LogP contribution in [0.4, 0.5) is 11.4 Å². The van der Waals surface area contributed by atoms with Gasteiger partial charge in [-0.3, -0.25) is 24.3 Å². The Labute approximate surface area is 171 Å². The van der Waals surface area contributed by atoms with Crippen LogP contribution in [0.1, 0.15) is 26.8 Å². The SMILES string of the molecule is CC(C)n1c(S[C@@H](C)C(=O)Nc2ccccc2[N+](=O)[O-])nc2ccccc2c1=O. The van der Waals surface area contributed by atoms with Crippen molar-refractivity contribution in [2.45, 2.75) is 37.2 Å². The van der Waals surface area contributed by atoms with Gasteiger partial charge in [0.2, 0.25) is 5.91 Å². The summed E-state index contributed by atoms with van der Waals surface area (Å²) < 4.78 is 1.56. The molecule has 3 rings (SSSR count). The van der Waals surface area contributed by atoms with Crippen LogP contribution < -0.4 is 10.9 Å². The predicted molar refractivity (Wildman–Crippen MR) is 113 cm³/mol. The molecule has 2 aromatic carbocycles. The second kappa shape index (κ2) is 8.44. The zero-order valence-electron chi connectivity index (χ0n) is 16.2. The van der Waals surface area contributed by atoms with Gasteiger partial charge in [-0.2, -0.15) is 0 Å². The molecule has 8 nitrogen and oxygen atoms in total. The number of hydrogen-bond acceptors (Lipinski definition) is 6. The highest BCUT2D eigenvalue weighted by Crippen LogP contribution is 2.28. The summed E-state index contributed by atoms with van der Waals surface area (Å²) in [7, 11) is 0. The van der Waals surface area contributed by atoms with E-state index in [0.29, 0.717) is 16.1 Å². The van der Waals surface area contributed by atoms with Crippen molar-refractivity contribution >= 4 is 39.9 Å². The lowest BCUT2D eigenvalue weighted by Crippen LogP contribution is -2.28. The van der Waals surface area contributed by atoms with Gasteiger partial charge in [-0.25, -0.2) is 4.98 Å². The summed E-state index contributed by atoms with van der Waals surface area (Å²) in [5.41, 5.74) is 0.339. The zero-order chi connectivity index (χ0) is 21.1. The molecule has 3 aromatic rings. The topological polar surface area (TPSA) is 107 Å². The summed E-state index contributed by atoms with van der Waals surface area (Å²) in [4.78, 5) is 40.7. The number of nitro groups is 1. The van der Waals surface area contributed by atoms with Crippen molar-refractivity contribution in [3.05, 3.63) is 69.0 Å². The van der Waals surface area contributed by atoms with Crippen molar-refractivity contribution in [3.63, 3.8) is 0 Å². The van der Waals surface area contributed by atoms with E-state index in [9.17, 15) is 19.7 Å². The smallest absolute Gasteiger partial charge is 0.292 e. The monoisotopic (exact) mass is 412 g/mol. The maximum Gasteiger partial charge on any atom is 0.292 e. The van der Waals surface area contributed by atoms with E-state index in [1.54, 1.807) is 41.8 Å². The van der Waals surface area contributed by atoms with E-state index in [0.717, 1.165) is 11.8 Å². The minimum Gasteiger partial charge on any atom is -0.319 e. The third-order valence-electron chi connectivity index (χ3n) is 4.30. The summed E-state index contributed by atoms with van der Waals surface area (Å²) in [5, 5.41) is 14.1. The summed E-state index contributed by atoms with van der Waals surface area (Å²) in [6.07, 6.45) is 0. The molecule has 9 heteroatoms. The van der Waals surface area contributed by atoms with Crippen molar-refractivity contribution < 1.29 is 9.72 Å². The summed E-state index contributed by atoms with van der Waals surface area (Å²) in [5.74, 6) is -0.415. The third kappa shape index (κ3) is 4.29. The molecular formula is C20H20N4O4S. The van der Waals surface area contributed by atoms with E-state index in [-0.39, 0.29) is 23.0 Å². The van der Waals surface area contributed by atoms with Gasteiger partial charge in [0.25, 0.3) is 11.2 Å². The largest absolute Gasteiger partial charge is 0.319 e. The number of aromatic nitrogens is 2. The first kappa shape index (κ1) is 20.5. The minimum atomic E-state index is -0.632. The predicted octanol–water partition coefficient (Wildman–Crippen LogP) is 4.00. The molecule has 29 heavy (non-hydrogen) atoms. The Hall–Kier alpha value is -3.20. The normalized spacial score (nSPS) is 12.1. The number of amides is 1. The van der Waals surface area contributed by atoms with Crippen molar-refractivity contribution in [1.82, 2.24) is 9.55 Å². The molecule has 0 aliphatic rings. The molecule has 0 aliphatic carbocycles. The standard InChI is InChI=1S/C20H20N4O4S/c1-12(2)23-19(26)14-8-4-5-9-15(14)22-20(23)29-13(3)18(25)21-16-10-6-7-11-17(16)24(27)28/h4-13H,1-3H3,(H,21,25)/t13-/m0/s1. The lowest BCUT2D eigenvalue weighted by atomic mass is 10.2. The van der Waals surface area contributed by atoms with Gasteiger partial charge in [0.15, 0.2) is 5.16 Å². The number of carbonyl (C=O) groups is 1. The first-order valence-corrected chi connectivity index (χ1v) is 9.89. The fourth-order valence-corrected chi connectivity index (χ4v) is 3.89. The number of nitro benzene ring substituents is 1. The van der Waals surface area contributed by atoms with Crippen molar-refractivity contribution in [3.8, 4) is 0 Å². The number of nitrogens with zero attached hydrogens (tertiary/aromatic N) is 3. The molecule has 1 amide bonds. The summed E-state index contributed by atoms with van der Waals surface area (Å²) >= 11 is 1.14. The highest BCUT2D eigenvalue weighted by atomic mass is 32.2. The highest BCUT2D eigenvalue weighted by Gasteiger charge is 2.23. The van der Waals surface area contributed by atoms with Crippen LogP contribution in [0.25, 0.3) is 10.9 Å². The van der Waals surface area contributed by atoms with Gasteiger partial charge in [0.05, 0.1) is 21.1 Å². The van der Waals surface area contributed by atoms with E-state index >= 15 is 0 Å². The first-order valence-electron chi connectivity index (χ1n) is 9.01. The van der Waals surface area contributed by atoms with Gasteiger partial charge in [0.1, 0.15) is 5.69 Å². The Morgan fingerprint density at radius 3 is 2.48 bits per heavy atom. The Morgan fingerprint density at radius 2 is 1.79 bits per heavy atom. The maximum atomic E-state index is 12.9. The van der Waals surface area contributed by atoms with Crippen LogP contribution in [-0.2, 0) is 4.79 Å². The molecule has 0 bridgehead atoms. The van der Waals surface area contributed by atoms with Gasteiger partial charge >= 0.3 is 0 Å². The summed E-state index contributed by atoms with van der Waals surface area (Å²) in [6, 6.07) is 12.9. The average molecular weight is 412 g/mol. The number of rotatable bonds is 6. The number of anilines is 1. The maximum absolute atomic E-state index is 12.9. The lowest BCUT2D eigenvalue weighted by Gasteiger charge is -2.18. The number of hydrogen-bond donors (Lipinski definition) is 1. The number of nitrogens with one attached hydrogen (secondary N) is 1. The molecule has 1 heterocycles. The zero-order valence-corrected chi connectivity index (χ0v) is 17.0. The Bertz CT molecular complexity index is 1140. The van der Waals surface area contributed by atoms with E-state index in [1.807, 2.05) is 13.8 Å². The molecule has 1 N–H and O–H groups in total. The van der Waals surface area contributed by atoms with Gasteiger partial charge < -0.3 is 5.32 Å². The summed E-state index contributed by atoms with van der Waals surface area (Å²) in [6.45, 7) is 5.42. The third-order valence-corrected chi connectivity index (χ3v) is 5.37. The fraction of sp³-hybridized carbons (Fsp3) is 0.250. The number of para-hydroxylation sites is 3. The van der Waals surface area contributed by atoms with Crippen molar-refractivity contribution in [2.75, 3.05) is 5.32 Å². The first-order chi connectivity index (χ1) is 13.8. The quantitative estimate of drug-likeness (QED) is 0.284. The molecule has 0 fully saturated rings. The molecule has 0 saturated carbocycles. The number of thioether (sulfide) groups is 1. The van der Waals surface area contributed by atoms with Crippen molar-refractivity contribution in [2.24, 2.45) is 0 Å². The van der Waals surface area contributed by atoms with Crippen LogP contribution in [0, 0.1) is 10.1 Å². The molecule has 1 aromatic heterocycles. The number of carbonyl (C=O) groups excluding carboxylic acids is 1. The number of fused-ring (bicyclic) bond motifs is 1. The van der Waals surface area contributed by atoms with Crippen LogP contribution in [0.5, 0.6) is 0 Å². The van der Waals surface area contributed by atoms with Crippen LogP contribution in [-0.4, -0.2) is 25.6 Å². The van der Waals surface area contributed by atoms with Crippen LogP contribution in [0.15, 0.2) is 58.5 Å². The average Bonchev–Trinajstić information content (AvgIpc) is 2.68. The van der Waals surface area contributed by atoms with Crippen LogP contribution >= 0.6 is 11.8 Å². The van der Waals surface area contributed by atoms with Crippen LogP contribution in [0.2, 0.25) is 0 Å². The lowest BCUT2D eigenvalue weighted by molar-refractivity contribution is -0.383. The van der Waals surface area contributed by atoms with Gasteiger partial charge in [0, 0.05) is 12.1 Å². The number of benzene rings is 2. The minimum absolute atomic E-state index is 0.127. The van der Waals surface area contributed by atoms with Gasteiger partial charge in [-0.15, -0.1) is 0 Å². The highest BCUT2D eigenvalue weighted by molar-refractivity contribution is 8.00. The molecule has 0 spiro atoms. The Kier molecular flexibility index (Phi) is 5.97. The fourth-order valence-electron chi connectivity index (χ4n) is 2.85. The molecule has 150 valence electrons. The second-order valence-electron chi connectivity index (χ2n) is 6.70. The van der Waals surface area contributed by atoms with E-state index in [2.05, 4.69) is 10.3 Å².